The fourth-order valence-electron chi connectivity index (χ4n) is 3.35. The highest BCUT2D eigenvalue weighted by atomic mass is 16.4. The first-order valence-corrected chi connectivity index (χ1v) is 11.0. The van der Waals surface area contributed by atoms with Crippen LogP contribution in [-0.2, 0) is 19.2 Å². The van der Waals surface area contributed by atoms with Gasteiger partial charge in [0.05, 0.1) is 5.92 Å². The van der Waals surface area contributed by atoms with Gasteiger partial charge in [0.15, 0.2) is 0 Å². The van der Waals surface area contributed by atoms with Crippen molar-refractivity contribution in [3.63, 3.8) is 0 Å². The fraction of sp³-hybridized carbons (Fsp3) is 0.818. The van der Waals surface area contributed by atoms with Crippen LogP contribution >= 0.6 is 0 Å². The number of carbonyl (C=O) groups excluding carboxylic acids is 1. The quantitative estimate of drug-likeness (QED) is 0.224. The molecule has 0 radical (unpaired) electrons. The number of Topliss-reactive ketones (excluding diaryl/α,β-unsaturated/α-hetero) is 1. The number of rotatable bonds is 21. The Labute approximate surface area is 173 Å². The van der Waals surface area contributed by atoms with Crippen molar-refractivity contribution < 1.29 is 34.5 Å². The predicted octanol–water partition coefficient (Wildman–Crippen LogP) is 5.06. The van der Waals surface area contributed by atoms with Crippen molar-refractivity contribution in [2.75, 3.05) is 0 Å². The van der Waals surface area contributed by atoms with E-state index in [0.717, 1.165) is 44.9 Å². The number of aliphatic carboxylic acids is 3. The van der Waals surface area contributed by atoms with Gasteiger partial charge in [-0.2, -0.15) is 0 Å². The van der Waals surface area contributed by atoms with Gasteiger partial charge in [0.1, 0.15) is 5.78 Å². The molecule has 29 heavy (non-hydrogen) atoms. The zero-order valence-corrected chi connectivity index (χ0v) is 17.6. The van der Waals surface area contributed by atoms with E-state index >= 15 is 0 Å². The molecule has 0 aromatic heterocycles. The molecule has 0 heterocycles. The van der Waals surface area contributed by atoms with E-state index in [-0.39, 0.29) is 31.5 Å². The van der Waals surface area contributed by atoms with Crippen molar-refractivity contribution in [2.45, 2.75) is 109 Å². The van der Waals surface area contributed by atoms with E-state index in [0.29, 0.717) is 6.42 Å². The number of hydrogen-bond acceptors (Lipinski definition) is 4. The Kier molecular flexibility index (Phi) is 16.9. The highest BCUT2D eigenvalue weighted by molar-refractivity contribution is 5.84. The van der Waals surface area contributed by atoms with Gasteiger partial charge < -0.3 is 15.3 Å². The lowest BCUT2D eigenvalue weighted by Gasteiger charge is -2.10. The van der Waals surface area contributed by atoms with Gasteiger partial charge in [0.25, 0.3) is 0 Å². The molecule has 0 aliphatic carbocycles. The lowest BCUT2D eigenvalue weighted by Crippen LogP contribution is -2.19. The Morgan fingerprint density at radius 1 is 0.517 bits per heavy atom. The van der Waals surface area contributed by atoms with E-state index in [1.807, 2.05) is 0 Å². The van der Waals surface area contributed by atoms with Crippen LogP contribution in [0.5, 0.6) is 0 Å². The average Bonchev–Trinajstić information content (AvgIpc) is 2.64. The molecule has 1 unspecified atom stereocenters. The second-order valence-corrected chi connectivity index (χ2v) is 7.85. The third-order valence-corrected chi connectivity index (χ3v) is 5.13. The summed E-state index contributed by atoms with van der Waals surface area (Å²) >= 11 is 0. The summed E-state index contributed by atoms with van der Waals surface area (Å²) in [5.74, 6) is -3.84. The van der Waals surface area contributed by atoms with Gasteiger partial charge in [-0.05, 0) is 19.3 Å². The largest absolute Gasteiger partial charge is 0.481 e. The topological polar surface area (TPSA) is 129 Å². The summed E-state index contributed by atoms with van der Waals surface area (Å²) < 4.78 is 0. The van der Waals surface area contributed by atoms with Gasteiger partial charge in [0.2, 0.25) is 0 Å². The fourth-order valence-corrected chi connectivity index (χ4v) is 3.35. The van der Waals surface area contributed by atoms with Gasteiger partial charge >= 0.3 is 17.9 Å². The molecule has 3 N–H and O–H groups in total. The van der Waals surface area contributed by atoms with Crippen molar-refractivity contribution in [1.29, 1.82) is 0 Å². The molecule has 0 aromatic carbocycles. The third-order valence-electron chi connectivity index (χ3n) is 5.13. The molecule has 0 rings (SSSR count). The zero-order valence-electron chi connectivity index (χ0n) is 17.6. The highest BCUT2D eigenvalue weighted by Crippen LogP contribution is 2.16. The smallest absolute Gasteiger partial charge is 0.306 e. The number of carbonyl (C=O) groups is 4. The van der Waals surface area contributed by atoms with Crippen LogP contribution in [0, 0.1) is 5.92 Å². The summed E-state index contributed by atoms with van der Waals surface area (Å²) in [5.41, 5.74) is 0. The minimum absolute atomic E-state index is 0.00125. The molecule has 0 aliphatic heterocycles. The van der Waals surface area contributed by atoms with E-state index in [2.05, 4.69) is 0 Å². The van der Waals surface area contributed by atoms with Crippen molar-refractivity contribution >= 4 is 23.7 Å². The summed E-state index contributed by atoms with van der Waals surface area (Å²) in [6.45, 7) is 0. The Bertz CT molecular complexity index is 488. The Hall–Kier alpha value is -1.92. The summed E-state index contributed by atoms with van der Waals surface area (Å²) in [5, 5.41) is 26.3. The van der Waals surface area contributed by atoms with Crippen LogP contribution in [0.15, 0.2) is 0 Å². The van der Waals surface area contributed by atoms with E-state index in [4.69, 9.17) is 15.3 Å². The first-order chi connectivity index (χ1) is 13.8. The molecule has 0 saturated heterocycles. The Balaban J connectivity index is 3.48. The Morgan fingerprint density at radius 2 is 0.897 bits per heavy atom. The number of unbranched alkanes of at least 4 members (excludes halogenated alkanes) is 11. The molecule has 168 valence electrons. The summed E-state index contributed by atoms with van der Waals surface area (Å²) in [6.07, 6.45) is 13.2. The maximum atomic E-state index is 11.9. The molecular formula is C22H38O7. The van der Waals surface area contributed by atoms with E-state index < -0.39 is 23.8 Å². The summed E-state index contributed by atoms with van der Waals surface area (Å²) in [6, 6.07) is 0. The third kappa shape index (κ3) is 19.2. The van der Waals surface area contributed by atoms with Crippen LogP contribution < -0.4 is 0 Å². The molecule has 0 bridgehead atoms. The maximum Gasteiger partial charge on any atom is 0.306 e. The molecule has 0 aromatic rings. The van der Waals surface area contributed by atoms with Gasteiger partial charge in [-0.25, -0.2) is 0 Å². The van der Waals surface area contributed by atoms with Gasteiger partial charge in [-0.15, -0.1) is 0 Å². The van der Waals surface area contributed by atoms with Crippen LogP contribution in [0.25, 0.3) is 0 Å². The molecule has 0 saturated carbocycles. The van der Waals surface area contributed by atoms with Crippen LogP contribution in [0.2, 0.25) is 0 Å². The Morgan fingerprint density at radius 3 is 1.28 bits per heavy atom. The number of carboxylic acids is 3. The van der Waals surface area contributed by atoms with Gasteiger partial charge in [-0.1, -0.05) is 64.2 Å². The summed E-state index contributed by atoms with van der Waals surface area (Å²) in [7, 11) is 0. The lowest BCUT2D eigenvalue weighted by molar-refractivity contribution is -0.145. The van der Waals surface area contributed by atoms with Crippen LogP contribution in [0.1, 0.15) is 109 Å². The molecular weight excluding hydrogens is 376 g/mol. The number of hydrogen-bond donors (Lipinski definition) is 3. The van der Waals surface area contributed by atoms with Crippen molar-refractivity contribution in [1.82, 2.24) is 0 Å². The number of ketones is 1. The van der Waals surface area contributed by atoms with Gasteiger partial charge in [0, 0.05) is 25.7 Å². The monoisotopic (exact) mass is 414 g/mol. The summed E-state index contributed by atoms with van der Waals surface area (Å²) in [4.78, 5) is 43.9. The molecule has 0 amide bonds. The SMILES string of the molecule is O=C(O)CCCCCCCCCCCCCCC(=O)CC(CCC(=O)O)C(=O)O. The molecule has 0 fully saturated rings. The van der Waals surface area contributed by atoms with Crippen molar-refractivity contribution in [2.24, 2.45) is 5.92 Å². The number of carboxylic acid groups (broad SMARTS) is 3. The maximum absolute atomic E-state index is 11.9. The standard InChI is InChI=1S/C22H38O7/c23-19(17-18(22(28)29)15-16-21(26)27)13-11-9-7-5-3-1-2-4-6-8-10-12-14-20(24)25/h18H,1-17H2,(H,24,25)(H,26,27)(H,28,29). The lowest BCUT2D eigenvalue weighted by atomic mass is 9.95. The minimum Gasteiger partial charge on any atom is -0.481 e. The molecule has 7 nitrogen and oxygen atoms in total. The van der Waals surface area contributed by atoms with E-state index in [1.165, 1.54) is 32.1 Å². The molecule has 0 aliphatic rings. The van der Waals surface area contributed by atoms with Crippen molar-refractivity contribution in [3.8, 4) is 0 Å². The molecule has 0 spiro atoms. The highest BCUT2D eigenvalue weighted by Gasteiger charge is 2.21. The molecule has 7 heteroatoms. The normalized spacial score (nSPS) is 11.9. The van der Waals surface area contributed by atoms with E-state index in [1.54, 1.807) is 0 Å². The average molecular weight is 415 g/mol. The predicted molar refractivity (Wildman–Crippen MR) is 110 cm³/mol. The zero-order chi connectivity index (χ0) is 21.9. The van der Waals surface area contributed by atoms with Crippen LogP contribution in [0.4, 0.5) is 0 Å². The first-order valence-electron chi connectivity index (χ1n) is 11.0. The van der Waals surface area contributed by atoms with Crippen LogP contribution in [-0.4, -0.2) is 39.0 Å². The second-order valence-electron chi connectivity index (χ2n) is 7.85. The minimum atomic E-state index is -1.10. The van der Waals surface area contributed by atoms with Crippen LogP contribution in [0.3, 0.4) is 0 Å². The molecule has 1 atom stereocenters. The van der Waals surface area contributed by atoms with E-state index in [9.17, 15) is 19.2 Å². The first kappa shape index (κ1) is 27.1. The van der Waals surface area contributed by atoms with Crippen molar-refractivity contribution in [3.05, 3.63) is 0 Å². The second kappa shape index (κ2) is 18.1. The van der Waals surface area contributed by atoms with Gasteiger partial charge in [-0.3, -0.25) is 19.2 Å².